The molecule has 0 amide bonds. The van der Waals surface area contributed by atoms with Gasteiger partial charge in [-0.05, 0) is 31.9 Å². The fourth-order valence-corrected chi connectivity index (χ4v) is 3.10. The molecule has 23 heavy (non-hydrogen) atoms. The second kappa shape index (κ2) is 6.41. The van der Waals surface area contributed by atoms with Gasteiger partial charge in [0.05, 0.1) is 24.9 Å². The van der Waals surface area contributed by atoms with Crippen molar-refractivity contribution in [2.75, 3.05) is 20.3 Å². The van der Waals surface area contributed by atoms with Gasteiger partial charge in [-0.25, -0.2) is 4.98 Å². The van der Waals surface area contributed by atoms with Gasteiger partial charge in [0.15, 0.2) is 5.84 Å². The van der Waals surface area contributed by atoms with Crippen LogP contribution in [0.4, 0.5) is 0 Å². The molecule has 2 unspecified atom stereocenters. The topological polar surface area (TPSA) is 74.9 Å². The van der Waals surface area contributed by atoms with Gasteiger partial charge in [0, 0.05) is 18.0 Å². The molecule has 0 aromatic carbocycles. The molecule has 8 heteroatoms. The molecule has 1 aromatic heterocycles. The smallest absolute Gasteiger partial charge is 0.281 e. The lowest BCUT2D eigenvalue weighted by Crippen LogP contribution is -2.57. The van der Waals surface area contributed by atoms with E-state index in [-0.39, 0.29) is 11.0 Å². The van der Waals surface area contributed by atoms with E-state index in [1.54, 1.807) is 6.07 Å². The zero-order valence-electron chi connectivity index (χ0n) is 13.2. The van der Waals surface area contributed by atoms with E-state index in [2.05, 4.69) is 14.9 Å². The predicted molar refractivity (Wildman–Crippen MR) is 88.2 cm³/mol. The molecule has 2 atom stereocenters. The Bertz CT molecular complexity index is 634. The fourth-order valence-electron chi connectivity index (χ4n) is 2.93. The molecule has 2 aliphatic rings. The van der Waals surface area contributed by atoms with E-state index in [1.165, 1.54) is 0 Å². The largest absolute Gasteiger partial charge is 0.345 e. The van der Waals surface area contributed by atoms with Crippen molar-refractivity contribution < 1.29 is 4.92 Å². The number of aromatic nitrogens is 1. The Morgan fingerprint density at radius 3 is 2.83 bits per heavy atom. The van der Waals surface area contributed by atoms with Crippen LogP contribution >= 0.6 is 11.6 Å². The third-order valence-electron chi connectivity index (χ3n) is 4.30. The highest BCUT2D eigenvalue weighted by Crippen LogP contribution is 2.30. The second-order valence-corrected chi connectivity index (χ2v) is 6.58. The third-order valence-corrected chi connectivity index (χ3v) is 4.51. The minimum absolute atomic E-state index is 0.234. The summed E-state index contributed by atoms with van der Waals surface area (Å²) >= 11 is 5.92. The van der Waals surface area contributed by atoms with Crippen LogP contribution in [0.15, 0.2) is 23.2 Å². The normalized spacial score (nSPS) is 25.6. The minimum atomic E-state index is -0.795. The van der Waals surface area contributed by atoms with Crippen LogP contribution in [0.25, 0.3) is 0 Å². The first-order chi connectivity index (χ1) is 11.0. The van der Waals surface area contributed by atoms with E-state index in [1.807, 2.05) is 31.0 Å². The zero-order chi connectivity index (χ0) is 16.6. The van der Waals surface area contributed by atoms with Gasteiger partial charge in [-0.2, -0.15) is 0 Å². The predicted octanol–water partition coefficient (Wildman–Crippen LogP) is 2.21. The maximum Gasteiger partial charge on any atom is 0.281 e. The summed E-state index contributed by atoms with van der Waals surface area (Å²) in [5.74, 6) is 0.515. The molecule has 7 nitrogen and oxygen atoms in total. The van der Waals surface area contributed by atoms with Crippen molar-refractivity contribution in [1.82, 2.24) is 14.8 Å². The Morgan fingerprint density at radius 1 is 1.48 bits per heavy atom. The molecule has 1 aliphatic carbocycles. The van der Waals surface area contributed by atoms with Crippen LogP contribution in [0.3, 0.4) is 0 Å². The number of amidine groups is 1. The van der Waals surface area contributed by atoms with Crippen molar-refractivity contribution in [2.45, 2.75) is 37.9 Å². The molecular formula is C15H20ClN5O2. The number of aliphatic imine (C=N–C) groups is 1. The van der Waals surface area contributed by atoms with Crippen molar-refractivity contribution in [3.63, 3.8) is 0 Å². The molecule has 2 heterocycles. The molecule has 0 bridgehead atoms. The van der Waals surface area contributed by atoms with Crippen molar-refractivity contribution >= 4 is 17.4 Å². The molecule has 0 spiro atoms. The van der Waals surface area contributed by atoms with Gasteiger partial charge in [0.25, 0.3) is 6.04 Å². The van der Waals surface area contributed by atoms with E-state index >= 15 is 0 Å². The Hall–Kier alpha value is -1.73. The van der Waals surface area contributed by atoms with Crippen LogP contribution in [-0.4, -0.2) is 57.9 Å². The summed E-state index contributed by atoms with van der Waals surface area (Å²) in [6.45, 7) is 2.99. The molecule has 1 aliphatic heterocycles. The summed E-state index contributed by atoms with van der Waals surface area (Å²) in [4.78, 5) is 24.2. The summed E-state index contributed by atoms with van der Waals surface area (Å²) < 4.78 is 0. The van der Waals surface area contributed by atoms with Gasteiger partial charge in [0.1, 0.15) is 5.15 Å². The lowest BCUT2D eigenvalue weighted by Gasteiger charge is -2.37. The van der Waals surface area contributed by atoms with Crippen LogP contribution in [0.2, 0.25) is 5.15 Å². The number of rotatable bonds is 4. The molecule has 2 fully saturated rings. The Labute approximate surface area is 140 Å². The van der Waals surface area contributed by atoms with Gasteiger partial charge < -0.3 is 4.90 Å². The first kappa shape index (κ1) is 16.1. The number of hydrogen-bond acceptors (Lipinski definition) is 5. The summed E-state index contributed by atoms with van der Waals surface area (Å²) in [6, 6.07) is 4.77. The average Bonchev–Trinajstić information content (AvgIpc) is 3.33. The summed E-state index contributed by atoms with van der Waals surface area (Å²) in [5.41, 5.74) is 0.713. The second-order valence-electron chi connectivity index (χ2n) is 6.19. The number of halogens is 1. The SMILES string of the molecule is CC(N=C1C([N+](=O)[O-])CN(C2CC2)CN1C)c1cccc(Cl)n1. The molecule has 0 N–H and O–H groups in total. The van der Waals surface area contributed by atoms with Crippen LogP contribution in [-0.2, 0) is 0 Å². The van der Waals surface area contributed by atoms with E-state index in [4.69, 9.17) is 11.6 Å². The summed E-state index contributed by atoms with van der Waals surface area (Å²) in [5, 5.41) is 11.9. The Balaban J connectivity index is 1.84. The van der Waals surface area contributed by atoms with Gasteiger partial charge in [-0.1, -0.05) is 17.7 Å². The lowest BCUT2D eigenvalue weighted by atomic mass is 10.1. The monoisotopic (exact) mass is 337 g/mol. The molecule has 0 radical (unpaired) electrons. The number of nitro groups is 1. The standard InChI is InChI=1S/C15H20ClN5O2/c1-10(12-4-3-5-14(16)18-12)17-15-13(21(22)23)8-20(9-19(15)2)11-6-7-11/h3-5,10-11,13H,6-9H2,1-2H3. The molecule has 1 saturated carbocycles. The van der Waals surface area contributed by atoms with E-state index in [0.717, 1.165) is 12.8 Å². The highest BCUT2D eigenvalue weighted by atomic mass is 35.5. The molecule has 1 saturated heterocycles. The minimum Gasteiger partial charge on any atom is -0.345 e. The molecular weight excluding hydrogens is 318 g/mol. The maximum atomic E-state index is 11.5. The third kappa shape index (κ3) is 3.61. The van der Waals surface area contributed by atoms with Crippen LogP contribution in [0, 0.1) is 10.1 Å². The van der Waals surface area contributed by atoms with Crippen LogP contribution in [0.5, 0.6) is 0 Å². The van der Waals surface area contributed by atoms with Gasteiger partial charge in [0.2, 0.25) is 0 Å². The Kier molecular flexibility index (Phi) is 4.50. The lowest BCUT2D eigenvalue weighted by molar-refractivity contribution is -0.507. The highest BCUT2D eigenvalue weighted by Gasteiger charge is 2.42. The van der Waals surface area contributed by atoms with Gasteiger partial charge in [-0.15, -0.1) is 0 Å². The number of nitrogens with zero attached hydrogens (tertiary/aromatic N) is 5. The zero-order valence-corrected chi connectivity index (χ0v) is 14.0. The van der Waals surface area contributed by atoms with Crippen molar-refractivity contribution in [3.05, 3.63) is 39.2 Å². The van der Waals surface area contributed by atoms with Crippen LogP contribution in [0.1, 0.15) is 31.5 Å². The number of likely N-dealkylation sites (N-methyl/N-ethyl adjacent to an activating group) is 1. The molecule has 3 rings (SSSR count). The summed E-state index contributed by atoms with van der Waals surface area (Å²) in [7, 11) is 1.86. The van der Waals surface area contributed by atoms with E-state index in [9.17, 15) is 10.1 Å². The quantitative estimate of drug-likeness (QED) is 0.478. The molecule has 1 aromatic rings. The van der Waals surface area contributed by atoms with E-state index in [0.29, 0.717) is 35.9 Å². The molecule has 124 valence electrons. The number of pyridine rings is 1. The van der Waals surface area contributed by atoms with E-state index < -0.39 is 6.04 Å². The van der Waals surface area contributed by atoms with Crippen molar-refractivity contribution in [1.29, 1.82) is 0 Å². The van der Waals surface area contributed by atoms with Crippen LogP contribution < -0.4 is 0 Å². The highest BCUT2D eigenvalue weighted by molar-refractivity contribution is 6.29. The van der Waals surface area contributed by atoms with Gasteiger partial charge >= 0.3 is 0 Å². The number of hydrogen-bond donors (Lipinski definition) is 0. The average molecular weight is 338 g/mol. The van der Waals surface area contributed by atoms with Crippen molar-refractivity contribution in [3.8, 4) is 0 Å². The first-order valence-corrected chi connectivity index (χ1v) is 8.12. The fraction of sp³-hybridized carbons (Fsp3) is 0.600. The summed E-state index contributed by atoms with van der Waals surface area (Å²) in [6.07, 6.45) is 2.27. The maximum absolute atomic E-state index is 11.5. The Morgan fingerprint density at radius 2 is 2.22 bits per heavy atom. The first-order valence-electron chi connectivity index (χ1n) is 7.74. The van der Waals surface area contributed by atoms with Crippen molar-refractivity contribution in [2.24, 2.45) is 4.99 Å². The van der Waals surface area contributed by atoms with Gasteiger partial charge in [-0.3, -0.25) is 20.0 Å².